The molecule has 0 unspecified atom stereocenters. The Morgan fingerprint density at radius 2 is 2.00 bits per heavy atom. The van der Waals surface area contributed by atoms with Crippen LogP contribution in [0, 0.1) is 0 Å². The monoisotopic (exact) mass is 396 g/mol. The van der Waals surface area contributed by atoms with Crippen LogP contribution in [0.2, 0.25) is 0 Å². The van der Waals surface area contributed by atoms with Crippen LogP contribution in [0.15, 0.2) is 21.8 Å². The first kappa shape index (κ1) is 17.5. The summed E-state index contributed by atoms with van der Waals surface area (Å²) in [6, 6.07) is -0.402. The van der Waals surface area contributed by atoms with E-state index in [-0.39, 0.29) is 12.0 Å². The van der Waals surface area contributed by atoms with Crippen LogP contribution in [0.25, 0.3) is 0 Å². The number of fused-ring (bicyclic) bond motifs is 1. The first-order chi connectivity index (χ1) is 11.3. The Hall–Kier alpha value is -1.30. The average molecular weight is 397 g/mol. The quantitative estimate of drug-likeness (QED) is 0.674. The fraction of sp³-hybridized carbons (Fsp3) is 0.667. The van der Waals surface area contributed by atoms with E-state index in [4.69, 9.17) is 4.74 Å². The Labute approximate surface area is 151 Å². The standard InChI is InChI=1S/C18H25BrN2O3/c1-18(2,3)24-17(23)21-10-5-8-15(21)16(22)20-11-9-12-13(19)6-4-7-14(12)20/h7,15H,4-6,8-11H2,1-3H3/t15-/m0/s1. The van der Waals surface area contributed by atoms with Gasteiger partial charge in [-0.2, -0.15) is 0 Å². The SMILES string of the molecule is CC(C)(C)OC(=O)N1CCC[C@H]1C(=O)N1CCC2=C(Br)CCC=C21. The Kier molecular flexibility index (Phi) is 4.78. The molecule has 2 heterocycles. The lowest BCUT2D eigenvalue weighted by molar-refractivity contribution is -0.133. The van der Waals surface area contributed by atoms with E-state index in [1.807, 2.05) is 25.7 Å². The van der Waals surface area contributed by atoms with Gasteiger partial charge in [-0.3, -0.25) is 9.69 Å². The topological polar surface area (TPSA) is 49.9 Å². The number of halogens is 1. The van der Waals surface area contributed by atoms with Crippen molar-refractivity contribution in [3.63, 3.8) is 0 Å². The van der Waals surface area contributed by atoms with Crippen molar-refractivity contribution in [2.45, 2.75) is 64.5 Å². The van der Waals surface area contributed by atoms with E-state index in [1.165, 1.54) is 10.1 Å². The molecule has 2 aliphatic heterocycles. The molecule has 0 aromatic carbocycles. The van der Waals surface area contributed by atoms with Gasteiger partial charge in [-0.1, -0.05) is 22.0 Å². The number of hydrogen-bond donors (Lipinski definition) is 0. The zero-order valence-corrected chi connectivity index (χ0v) is 16.2. The van der Waals surface area contributed by atoms with Crippen molar-refractivity contribution in [1.82, 2.24) is 9.80 Å². The van der Waals surface area contributed by atoms with Gasteiger partial charge < -0.3 is 9.64 Å². The highest BCUT2D eigenvalue weighted by Gasteiger charge is 2.41. The third-order valence-electron chi connectivity index (χ3n) is 4.65. The molecule has 5 nitrogen and oxygen atoms in total. The van der Waals surface area contributed by atoms with E-state index in [2.05, 4.69) is 22.0 Å². The maximum absolute atomic E-state index is 13.1. The second-order valence-electron chi connectivity index (χ2n) is 7.58. The molecule has 0 aromatic rings. The number of nitrogens with zero attached hydrogens (tertiary/aromatic N) is 2. The number of carbonyl (C=O) groups is 2. The molecular weight excluding hydrogens is 372 g/mol. The Morgan fingerprint density at radius 1 is 1.25 bits per heavy atom. The van der Waals surface area contributed by atoms with Crippen LogP contribution >= 0.6 is 15.9 Å². The molecule has 2 amide bonds. The highest BCUT2D eigenvalue weighted by molar-refractivity contribution is 9.11. The minimum Gasteiger partial charge on any atom is -0.444 e. The van der Waals surface area contributed by atoms with Gasteiger partial charge in [0.15, 0.2) is 0 Å². The van der Waals surface area contributed by atoms with Gasteiger partial charge in [0, 0.05) is 23.3 Å². The maximum Gasteiger partial charge on any atom is 0.410 e. The van der Waals surface area contributed by atoms with Crippen molar-refractivity contribution in [1.29, 1.82) is 0 Å². The van der Waals surface area contributed by atoms with Gasteiger partial charge in [0.05, 0.1) is 0 Å². The van der Waals surface area contributed by atoms with Crippen LogP contribution in [0.5, 0.6) is 0 Å². The molecule has 132 valence electrons. The zero-order chi connectivity index (χ0) is 17.5. The molecule has 2 saturated heterocycles. The first-order valence-corrected chi connectivity index (χ1v) is 9.46. The minimum atomic E-state index is -0.548. The van der Waals surface area contributed by atoms with Crippen LogP contribution in [0.1, 0.15) is 52.9 Å². The van der Waals surface area contributed by atoms with Gasteiger partial charge in [-0.15, -0.1) is 0 Å². The van der Waals surface area contributed by atoms with Crippen molar-refractivity contribution in [2.24, 2.45) is 0 Å². The maximum atomic E-state index is 13.1. The van der Waals surface area contributed by atoms with Crippen LogP contribution < -0.4 is 0 Å². The highest BCUT2D eigenvalue weighted by Crippen LogP contribution is 2.39. The van der Waals surface area contributed by atoms with Gasteiger partial charge in [-0.05, 0) is 58.4 Å². The highest BCUT2D eigenvalue weighted by atomic mass is 79.9. The van der Waals surface area contributed by atoms with Crippen molar-refractivity contribution in [3.8, 4) is 0 Å². The molecule has 0 N–H and O–H groups in total. The van der Waals surface area contributed by atoms with E-state index >= 15 is 0 Å². The average Bonchev–Trinajstić information content (AvgIpc) is 3.12. The van der Waals surface area contributed by atoms with E-state index in [0.717, 1.165) is 31.4 Å². The Morgan fingerprint density at radius 3 is 2.71 bits per heavy atom. The number of allylic oxidation sites excluding steroid dienone is 3. The molecular formula is C18H25BrN2O3. The number of amides is 2. The van der Waals surface area contributed by atoms with E-state index in [0.29, 0.717) is 19.5 Å². The molecule has 3 rings (SSSR count). The summed E-state index contributed by atoms with van der Waals surface area (Å²) < 4.78 is 6.69. The predicted octanol–water partition coefficient (Wildman–Crippen LogP) is 3.94. The molecule has 6 heteroatoms. The molecule has 0 bridgehead atoms. The fourth-order valence-electron chi connectivity index (χ4n) is 3.60. The second kappa shape index (κ2) is 6.54. The fourth-order valence-corrected chi connectivity index (χ4v) is 4.23. The Bertz CT molecular complexity index is 618. The summed E-state index contributed by atoms with van der Waals surface area (Å²) in [6.45, 7) is 6.83. The largest absolute Gasteiger partial charge is 0.444 e. The number of likely N-dealkylation sites (tertiary alicyclic amines) is 2. The molecule has 24 heavy (non-hydrogen) atoms. The summed E-state index contributed by atoms with van der Waals surface area (Å²) in [5, 5.41) is 0. The smallest absolute Gasteiger partial charge is 0.410 e. The Balaban J connectivity index is 1.75. The zero-order valence-electron chi connectivity index (χ0n) is 14.6. The van der Waals surface area contributed by atoms with Gasteiger partial charge in [0.1, 0.15) is 11.6 Å². The van der Waals surface area contributed by atoms with Crippen molar-refractivity contribution >= 4 is 27.9 Å². The predicted molar refractivity (Wildman–Crippen MR) is 95.6 cm³/mol. The van der Waals surface area contributed by atoms with Crippen LogP contribution in [0.3, 0.4) is 0 Å². The molecule has 2 fully saturated rings. The normalized spacial score (nSPS) is 24.2. The lowest BCUT2D eigenvalue weighted by Crippen LogP contribution is -2.48. The third kappa shape index (κ3) is 3.39. The van der Waals surface area contributed by atoms with Crippen LogP contribution in [-0.4, -0.2) is 46.5 Å². The first-order valence-electron chi connectivity index (χ1n) is 8.67. The van der Waals surface area contributed by atoms with Crippen LogP contribution in [-0.2, 0) is 9.53 Å². The van der Waals surface area contributed by atoms with Gasteiger partial charge in [0.2, 0.25) is 5.91 Å². The lowest BCUT2D eigenvalue weighted by atomic mass is 10.0. The van der Waals surface area contributed by atoms with Gasteiger partial charge in [-0.25, -0.2) is 4.79 Å². The molecule has 0 spiro atoms. The summed E-state index contributed by atoms with van der Waals surface area (Å²) in [5.41, 5.74) is 1.73. The summed E-state index contributed by atoms with van der Waals surface area (Å²) >= 11 is 3.64. The summed E-state index contributed by atoms with van der Waals surface area (Å²) in [7, 11) is 0. The third-order valence-corrected chi connectivity index (χ3v) is 5.52. The second-order valence-corrected chi connectivity index (χ2v) is 8.54. The number of ether oxygens (including phenoxy) is 1. The van der Waals surface area contributed by atoms with E-state index in [1.54, 1.807) is 4.90 Å². The molecule has 1 atom stereocenters. The molecule has 1 aliphatic carbocycles. The van der Waals surface area contributed by atoms with Crippen molar-refractivity contribution < 1.29 is 14.3 Å². The number of hydrogen-bond acceptors (Lipinski definition) is 3. The number of carbonyl (C=O) groups excluding carboxylic acids is 2. The van der Waals surface area contributed by atoms with E-state index in [9.17, 15) is 9.59 Å². The summed E-state index contributed by atoms with van der Waals surface area (Å²) in [5.74, 6) is 0.0295. The van der Waals surface area contributed by atoms with Crippen molar-refractivity contribution in [2.75, 3.05) is 13.1 Å². The minimum absolute atomic E-state index is 0.0295. The van der Waals surface area contributed by atoms with Gasteiger partial charge >= 0.3 is 6.09 Å². The molecule has 3 aliphatic rings. The van der Waals surface area contributed by atoms with E-state index < -0.39 is 11.6 Å². The van der Waals surface area contributed by atoms with Crippen LogP contribution in [0.4, 0.5) is 4.79 Å². The van der Waals surface area contributed by atoms with Crippen molar-refractivity contribution in [3.05, 3.63) is 21.8 Å². The molecule has 0 radical (unpaired) electrons. The molecule has 0 aromatic heterocycles. The van der Waals surface area contributed by atoms with Gasteiger partial charge in [0.25, 0.3) is 0 Å². The lowest BCUT2D eigenvalue weighted by Gasteiger charge is -2.31. The summed E-state index contributed by atoms with van der Waals surface area (Å²) in [6.07, 6.45) is 6.16. The summed E-state index contributed by atoms with van der Waals surface area (Å²) in [4.78, 5) is 29.0. The molecule has 0 saturated carbocycles. The number of rotatable bonds is 1.